The summed E-state index contributed by atoms with van der Waals surface area (Å²) in [6, 6.07) is 14.3. The highest BCUT2D eigenvalue weighted by Crippen LogP contribution is 2.26. The van der Waals surface area contributed by atoms with E-state index in [4.69, 9.17) is 4.42 Å². The van der Waals surface area contributed by atoms with Crippen LogP contribution in [-0.4, -0.2) is 4.98 Å². The standard InChI is InChI=1S/C18H17BrN2O.2ClH/c1-13-9-15(4-6-17(13)19)18-7-5-16(22-18)12-21-11-14-3-2-8-20-10-14;;/h2-10,21H,11-12H2,1H3;2*1H. The number of rotatable bonds is 5. The molecule has 1 N–H and O–H groups in total. The van der Waals surface area contributed by atoms with Crippen LogP contribution in [0.3, 0.4) is 0 Å². The molecule has 128 valence electrons. The van der Waals surface area contributed by atoms with Crippen molar-refractivity contribution in [2.75, 3.05) is 0 Å². The Hall–Kier alpha value is -1.33. The number of hydrogen-bond acceptors (Lipinski definition) is 3. The van der Waals surface area contributed by atoms with E-state index in [1.165, 1.54) is 5.56 Å². The fourth-order valence-corrected chi connectivity index (χ4v) is 2.51. The van der Waals surface area contributed by atoms with Crippen molar-refractivity contribution >= 4 is 40.7 Å². The molecule has 0 aliphatic carbocycles. The van der Waals surface area contributed by atoms with Crippen LogP contribution in [0.4, 0.5) is 0 Å². The van der Waals surface area contributed by atoms with Crippen LogP contribution in [-0.2, 0) is 13.1 Å². The number of furan rings is 1. The van der Waals surface area contributed by atoms with Gasteiger partial charge in [-0.3, -0.25) is 4.98 Å². The molecule has 2 aromatic heterocycles. The molecule has 0 amide bonds. The van der Waals surface area contributed by atoms with E-state index in [9.17, 15) is 0 Å². The zero-order valence-electron chi connectivity index (χ0n) is 13.2. The molecular weight excluding hydrogens is 411 g/mol. The third-order valence-corrected chi connectivity index (χ3v) is 4.35. The van der Waals surface area contributed by atoms with Gasteiger partial charge in [-0.25, -0.2) is 0 Å². The largest absolute Gasteiger partial charge is 0.460 e. The third kappa shape index (κ3) is 5.35. The summed E-state index contributed by atoms with van der Waals surface area (Å²) < 4.78 is 7.02. The molecule has 0 unspecified atom stereocenters. The van der Waals surface area contributed by atoms with Gasteiger partial charge < -0.3 is 9.73 Å². The SMILES string of the molecule is Cc1cc(-c2ccc(CNCc3cccnc3)o2)ccc1Br.Cl.Cl. The zero-order chi connectivity index (χ0) is 15.4. The lowest BCUT2D eigenvalue weighted by Crippen LogP contribution is -2.12. The molecular formula is C18H19BrCl2N2O. The minimum atomic E-state index is 0. The van der Waals surface area contributed by atoms with Crippen LogP contribution >= 0.6 is 40.7 Å². The quantitative estimate of drug-likeness (QED) is 0.577. The van der Waals surface area contributed by atoms with E-state index in [1.54, 1.807) is 6.20 Å². The molecule has 3 aromatic rings. The average molecular weight is 430 g/mol. The second kappa shape index (κ2) is 9.84. The highest BCUT2D eigenvalue weighted by Gasteiger charge is 2.06. The molecule has 0 aliphatic rings. The lowest BCUT2D eigenvalue weighted by atomic mass is 10.1. The van der Waals surface area contributed by atoms with E-state index < -0.39 is 0 Å². The first-order valence-electron chi connectivity index (χ1n) is 7.17. The molecule has 0 aliphatic heterocycles. The summed E-state index contributed by atoms with van der Waals surface area (Å²) >= 11 is 3.52. The highest BCUT2D eigenvalue weighted by atomic mass is 79.9. The van der Waals surface area contributed by atoms with Crippen LogP contribution in [0.5, 0.6) is 0 Å². The van der Waals surface area contributed by atoms with Crippen LogP contribution in [0, 0.1) is 6.92 Å². The summed E-state index contributed by atoms with van der Waals surface area (Å²) in [5.74, 6) is 1.83. The van der Waals surface area contributed by atoms with Gasteiger partial charge in [0.1, 0.15) is 11.5 Å². The van der Waals surface area contributed by atoms with Crippen LogP contribution in [0.1, 0.15) is 16.9 Å². The van der Waals surface area contributed by atoms with Gasteiger partial charge in [0.25, 0.3) is 0 Å². The molecule has 2 heterocycles. The Balaban J connectivity index is 0.00000144. The van der Waals surface area contributed by atoms with Crippen molar-refractivity contribution in [3.63, 3.8) is 0 Å². The molecule has 1 aromatic carbocycles. The molecule has 3 nitrogen and oxygen atoms in total. The number of aryl methyl sites for hydroxylation is 1. The summed E-state index contributed by atoms with van der Waals surface area (Å²) in [6.45, 7) is 3.55. The topological polar surface area (TPSA) is 38.1 Å². The van der Waals surface area contributed by atoms with Crippen molar-refractivity contribution in [3.8, 4) is 11.3 Å². The second-order valence-electron chi connectivity index (χ2n) is 5.19. The maximum Gasteiger partial charge on any atom is 0.134 e. The summed E-state index contributed by atoms with van der Waals surface area (Å²) in [7, 11) is 0. The normalized spacial score (nSPS) is 9.92. The number of nitrogens with zero attached hydrogens (tertiary/aromatic N) is 1. The van der Waals surface area contributed by atoms with Crippen molar-refractivity contribution in [2.45, 2.75) is 20.0 Å². The molecule has 3 rings (SSSR count). The Labute approximate surface area is 162 Å². The fourth-order valence-electron chi connectivity index (χ4n) is 2.26. The minimum absolute atomic E-state index is 0. The van der Waals surface area contributed by atoms with E-state index in [0.717, 1.165) is 33.7 Å². The first-order chi connectivity index (χ1) is 10.7. The van der Waals surface area contributed by atoms with Gasteiger partial charge in [0.2, 0.25) is 0 Å². The van der Waals surface area contributed by atoms with Crippen molar-refractivity contribution in [2.24, 2.45) is 0 Å². The first kappa shape index (κ1) is 20.7. The van der Waals surface area contributed by atoms with Gasteiger partial charge in [0.15, 0.2) is 0 Å². The van der Waals surface area contributed by atoms with Gasteiger partial charge >= 0.3 is 0 Å². The van der Waals surface area contributed by atoms with Gasteiger partial charge in [0, 0.05) is 29.0 Å². The van der Waals surface area contributed by atoms with Gasteiger partial charge in [-0.15, -0.1) is 24.8 Å². The van der Waals surface area contributed by atoms with Crippen LogP contribution in [0.15, 0.2) is 63.7 Å². The van der Waals surface area contributed by atoms with Crippen LogP contribution < -0.4 is 5.32 Å². The van der Waals surface area contributed by atoms with E-state index in [-0.39, 0.29) is 24.8 Å². The number of pyridine rings is 1. The van der Waals surface area contributed by atoms with E-state index >= 15 is 0 Å². The van der Waals surface area contributed by atoms with Crippen molar-refractivity contribution in [1.29, 1.82) is 0 Å². The average Bonchev–Trinajstić information content (AvgIpc) is 3.00. The number of halogens is 3. The number of hydrogen-bond donors (Lipinski definition) is 1. The van der Waals surface area contributed by atoms with Crippen LogP contribution in [0.25, 0.3) is 11.3 Å². The number of benzene rings is 1. The smallest absolute Gasteiger partial charge is 0.134 e. The summed E-state index contributed by atoms with van der Waals surface area (Å²) in [6.07, 6.45) is 3.65. The number of aromatic nitrogens is 1. The maximum absolute atomic E-state index is 5.91. The Morgan fingerprint density at radius 2 is 1.92 bits per heavy atom. The fraction of sp³-hybridized carbons (Fsp3) is 0.167. The molecule has 0 bridgehead atoms. The molecule has 24 heavy (non-hydrogen) atoms. The predicted molar refractivity (Wildman–Crippen MR) is 106 cm³/mol. The van der Waals surface area contributed by atoms with E-state index in [1.807, 2.05) is 30.5 Å². The Morgan fingerprint density at radius 3 is 2.62 bits per heavy atom. The minimum Gasteiger partial charge on any atom is -0.460 e. The maximum atomic E-state index is 5.91. The first-order valence-corrected chi connectivity index (χ1v) is 7.96. The molecule has 6 heteroatoms. The summed E-state index contributed by atoms with van der Waals surface area (Å²) in [5, 5.41) is 3.36. The summed E-state index contributed by atoms with van der Waals surface area (Å²) in [4.78, 5) is 4.10. The van der Waals surface area contributed by atoms with Gasteiger partial charge in [-0.2, -0.15) is 0 Å². The molecule has 0 saturated carbocycles. The summed E-state index contributed by atoms with van der Waals surface area (Å²) in [5.41, 5.74) is 3.46. The second-order valence-corrected chi connectivity index (χ2v) is 6.05. The molecule has 0 saturated heterocycles. The monoisotopic (exact) mass is 428 g/mol. The lowest BCUT2D eigenvalue weighted by Gasteiger charge is -2.03. The van der Waals surface area contributed by atoms with Crippen molar-refractivity contribution < 1.29 is 4.42 Å². The highest BCUT2D eigenvalue weighted by molar-refractivity contribution is 9.10. The lowest BCUT2D eigenvalue weighted by molar-refractivity contribution is 0.493. The zero-order valence-corrected chi connectivity index (χ0v) is 16.4. The van der Waals surface area contributed by atoms with Crippen LogP contribution in [0.2, 0.25) is 0 Å². The van der Waals surface area contributed by atoms with Gasteiger partial charge in [-0.1, -0.05) is 28.1 Å². The Kier molecular flexibility index (Phi) is 8.50. The molecule has 0 radical (unpaired) electrons. The van der Waals surface area contributed by atoms with Gasteiger partial charge in [0.05, 0.1) is 6.54 Å². The van der Waals surface area contributed by atoms with E-state index in [0.29, 0.717) is 6.54 Å². The molecule has 0 atom stereocenters. The Morgan fingerprint density at radius 1 is 1.08 bits per heavy atom. The van der Waals surface area contributed by atoms with Crippen molar-refractivity contribution in [3.05, 3.63) is 76.2 Å². The predicted octanol–water partition coefficient (Wildman–Crippen LogP) is 5.55. The molecule has 0 fully saturated rings. The third-order valence-electron chi connectivity index (χ3n) is 3.46. The van der Waals surface area contributed by atoms with Crippen molar-refractivity contribution in [1.82, 2.24) is 10.3 Å². The Bertz CT molecular complexity index is 763. The van der Waals surface area contributed by atoms with Gasteiger partial charge in [-0.05, 0) is 48.4 Å². The van der Waals surface area contributed by atoms with E-state index in [2.05, 4.69) is 51.4 Å². The molecule has 0 spiro atoms. The number of nitrogens with one attached hydrogen (secondary N) is 1.